The molecule has 2 aromatic carbocycles. The smallest absolute Gasteiger partial charge is 0.00550 e. The highest BCUT2D eigenvalue weighted by molar-refractivity contribution is 5.81. The molecular formula is C19H20. The van der Waals surface area contributed by atoms with Gasteiger partial charge in [0.15, 0.2) is 0 Å². The van der Waals surface area contributed by atoms with Gasteiger partial charge in [-0.3, -0.25) is 0 Å². The van der Waals surface area contributed by atoms with Crippen LogP contribution in [0.4, 0.5) is 0 Å². The van der Waals surface area contributed by atoms with Gasteiger partial charge in [0.05, 0.1) is 0 Å². The van der Waals surface area contributed by atoms with E-state index in [1.54, 1.807) is 5.57 Å². The molecule has 19 heavy (non-hydrogen) atoms. The third-order valence-electron chi connectivity index (χ3n) is 4.00. The SMILES string of the molecule is CCCC1=Cc2c(-c3ccccc3)ccc(C)c2C1. The van der Waals surface area contributed by atoms with Crippen molar-refractivity contribution in [1.82, 2.24) is 0 Å². The fourth-order valence-corrected chi connectivity index (χ4v) is 3.01. The average molecular weight is 248 g/mol. The van der Waals surface area contributed by atoms with Gasteiger partial charge in [0, 0.05) is 0 Å². The fourth-order valence-electron chi connectivity index (χ4n) is 3.01. The molecule has 0 saturated heterocycles. The standard InChI is InChI=1S/C19H20/c1-3-7-15-12-18-14(2)10-11-17(19(18)13-15)16-8-5-4-6-9-16/h4-6,8-11,13H,3,7,12H2,1-2H3. The van der Waals surface area contributed by atoms with Crippen LogP contribution in [0.1, 0.15) is 36.5 Å². The van der Waals surface area contributed by atoms with E-state index in [1.807, 2.05) is 0 Å². The van der Waals surface area contributed by atoms with Gasteiger partial charge in [0.1, 0.15) is 0 Å². The van der Waals surface area contributed by atoms with Gasteiger partial charge in [0.25, 0.3) is 0 Å². The van der Waals surface area contributed by atoms with Crippen molar-refractivity contribution in [1.29, 1.82) is 0 Å². The Kier molecular flexibility index (Phi) is 3.25. The van der Waals surface area contributed by atoms with Crippen molar-refractivity contribution in [3.05, 3.63) is 64.7 Å². The molecule has 0 spiro atoms. The van der Waals surface area contributed by atoms with Crippen molar-refractivity contribution in [2.24, 2.45) is 0 Å². The zero-order valence-corrected chi connectivity index (χ0v) is 11.7. The van der Waals surface area contributed by atoms with E-state index >= 15 is 0 Å². The number of allylic oxidation sites excluding steroid dienone is 1. The van der Waals surface area contributed by atoms with E-state index in [2.05, 4.69) is 62.4 Å². The van der Waals surface area contributed by atoms with E-state index in [0.717, 1.165) is 6.42 Å². The van der Waals surface area contributed by atoms with E-state index < -0.39 is 0 Å². The number of rotatable bonds is 3. The second-order valence-corrected chi connectivity index (χ2v) is 5.42. The van der Waals surface area contributed by atoms with Crippen molar-refractivity contribution in [3.63, 3.8) is 0 Å². The second kappa shape index (κ2) is 5.05. The van der Waals surface area contributed by atoms with E-state index in [9.17, 15) is 0 Å². The second-order valence-electron chi connectivity index (χ2n) is 5.42. The fraction of sp³-hybridized carbons (Fsp3) is 0.263. The lowest BCUT2D eigenvalue weighted by atomic mass is 9.94. The third kappa shape index (κ3) is 2.23. The van der Waals surface area contributed by atoms with Crippen molar-refractivity contribution >= 4 is 6.08 Å². The first-order valence-electron chi connectivity index (χ1n) is 7.17. The molecule has 0 amide bonds. The molecule has 0 nitrogen and oxygen atoms in total. The van der Waals surface area contributed by atoms with Crippen LogP contribution in [0.25, 0.3) is 17.2 Å². The maximum absolute atomic E-state index is 2.42. The molecular weight excluding hydrogens is 228 g/mol. The Labute approximate surface area is 115 Å². The predicted octanol–water partition coefficient (Wildman–Crippen LogP) is 5.40. The zero-order chi connectivity index (χ0) is 13.2. The molecule has 0 aliphatic heterocycles. The minimum atomic E-state index is 1.15. The Morgan fingerprint density at radius 3 is 2.53 bits per heavy atom. The molecule has 0 fully saturated rings. The highest BCUT2D eigenvalue weighted by Crippen LogP contribution is 2.36. The lowest BCUT2D eigenvalue weighted by Gasteiger charge is -2.10. The van der Waals surface area contributed by atoms with Crippen molar-refractivity contribution in [2.75, 3.05) is 0 Å². The van der Waals surface area contributed by atoms with Crippen LogP contribution in [0.3, 0.4) is 0 Å². The molecule has 0 unspecified atom stereocenters. The summed E-state index contributed by atoms with van der Waals surface area (Å²) >= 11 is 0. The Morgan fingerprint density at radius 1 is 1.00 bits per heavy atom. The molecule has 96 valence electrons. The number of aryl methyl sites for hydroxylation is 1. The molecule has 0 bridgehead atoms. The number of benzene rings is 2. The van der Waals surface area contributed by atoms with Crippen LogP contribution >= 0.6 is 0 Å². The number of fused-ring (bicyclic) bond motifs is 1. The van der Waals surface area contributed by atoms with Gasteiger partial charge in [-0.05, 0) is 47.6 Å². The molecule has 1 aliphatic carbocycles. The topological polar surface area (TPSA) is 0 Å². The average Bonchev–Trinajstić information content (AvgIpc) is 2.85. The zero-order valence-electron chi connectivity index (χ0n) is 11.7. The molecule has 1 aliphatic rings. The van der Waals surface area contributed by atoms with Gasteiger partial charge < -0.3 is 0 Å². The molecule has 2 aromatic rings. The molecule has 0 heterocycles. The van der Waals surface area contributed by atoms with Crippen LogP contribution in [-0.4, -0.2) is 0 Å². The molecule has 0 saturated carbocycles. The maximum Gasteiger partial charge on any atom is -0.00550 e. The van der Waals surface area contributed by atoms with E-state index in [0.29, 0.717) is 0 Å². The van der Waals surface area contributed by atoms with Gasteiger partial charge in [-0.1, -0.05) is 67.5 Å². The van der Waals surface area contributed by atoms with Gasteiger partial charge in [-0.15, -0.1) is 0 Å². The lowest BCUT2D eigenvalue weighted by Crippen LogP contribution is -1.92. The number of hydrogen-bond acceptors (Lipinski definition) is 0. The van der Waals surface area contributed by atoms with Crippen LogP contribution in [0.2, 0.25) is 0 Å². The van der Waals surface area contributed by atoms with Crippen LogP contribution < -0.4 is 0 Å². The summed E-state index contributed by atoms with van der Waals surface area (Å²) in [7, 11) is 0. The van der Waals surface area contributed by atoms with Gasteiger partial charge in [0.2, 0.25) is 0 Å². The highest BCUT2D eigenvalue weighted by atomic mass is 14.2. The van der Waals surface area contributed by atoms with Crippen molar-refractivity contribution in [3.8, 4) is 11.1 Å². The molecule has 0 heteroatoms. The van der Waals surface area contributed by atoms with E-state index in [-0.39, 0.29) is 0 Å². The monoisotopic (exact) mass is 248 g/mol. The van der Waals surface area contributed by atoms with E-state index in [1.165, 1.54) is 40.7 Å². The molecule has 0 atom stereocenters. The first-order valence-corrected chi connectivity index (χ1v) is 7.17. The summed E-state index contributed by atoms with van der Waals surface area (Å²) in [6, 6.07) is 15.3. The summed E-state index contributed by atoms with van der Waals surface area (Å²) in [6.45, 7) is 4.49. The lowest BCUT2D eigenvalue weighted by molar-refractivity contribution is 0.884. The maximum atomic E-state index is 2.42. The molecule has 0 radical (unpaired) electrons. The van der Waals surface area contributed by atoms with Crippen LogP contribution in [0, 0.1) is 6.92 Å². The van der Waals surface area contributed by atoms with Gasteiger partial charge in [-0.25, -0.2) is 0 Å². The quantitative estimate of drug-likeness (QED) is 0.682. The summed E-state index contributed by atoms with van der Waals surface area (Å²) in [6.07, 6.45) is 6.03. The normalized spacial score (nSPS) is 13.3. The van der Waals surface area contributed by atoms with Gasteiger partial charge >= 0.3 is 0 Å². The summed E-state index contributed by atoms with van der Waals surface area (Å²) in [5, 5.41) is 0. The summed E-state index contributed by atoms with van der Waals surface area (Å²) in [4.78, 5) is 0. The van der Waals surface area contributed by atoms with Gasteiger partial charge in [-0.2, -0.15) is 0 Å². The Bertz CT molecular complexity index is 618. The first kappa shape index (κ1) is 12.2. The van der Waals surface area contributed by atoms with Crippen LogP contribution in [0.5, 0.6) is 0 Å². The van der Waals surface area contributed by atoms with Crippen LogP contribution in [-0.2, 0) is 6.42 Å². The summed E-state index contributed by atoms with van der Waals surface area (Å²) in [5.41, 5.74) is 8.71. The first-order chi connectivity index (χ1) is 9.29. The minimum absolute atomic E-state index is 1.15. The van der Waals surface area contributed by atoms with Crippen molar-refractivity contribution < 1.29 is 0 Å². The Morgan fingerprint density at radius 2 is 1.79 bits per heavy atom. The summed E-state index contributed by atoms with van der Waals surface area (Å²) in [5.74, 6) is 0. The Hall–Kier alpha value is -1.82. The largest absolute Gasteiger partial charge is 0.0652 e. The minimum Gasteiger partial charge on any atom is -0.0652 e. The highest BCUT2D eigenvalue weighted by Gasteiger charge is 2.17. The molecule has 0 aromatic heterocycles. The Balaban J connectivity index is 2.11. The van der Waals surface area contributed by atoms with Crippen molar-refractivity contribution in [2.45, 2.75) is 33.1 Å². The molecule has 3 rings (SSSR count). The molecule has 0 N–H and O–H groups in total. The number of hydrogen-bond donors (Lipinski definition) is 0. The predicted molar refractivity (Wildman–Crippen MR) is 83.2 cm³/mol. The van der Waals surface area contributed by atoms with Crippen LogP contribution in [0.15, 0.2) is 48.0 Å². The summed E-state index contributed by atoms with van der Waals surface area (Å²) < 4.78 is 0. The third-order valence-corrected chi connectivity index (χ3v) is 4.00. The van der Waals surface area contributed by atoms with E-state index in [4.69, 9.17) is 0 Å².